The van der Waals surface area contributed by atoms with Gasteiger partial charge in [0.1, 0.15) is 0 Å². The maximum Gasteiger partial charge on any atom is 0.407 e. The summed E-state index contributed by atoms with van der Waals surface area (Å²) >= 11 is 0. The molecule has 1 aliphatic heterocycles. The molecule has 0 aromatic heterocycles. The Labute approximate surface area is 154 Å². The van der Waals surface area contributed by atoms with Gasteiger partial charge in [0.25, 0.3) is 0 Å². The summed E-state index contributed by atoms with van der Waals surface area (Å²) < 4.78 is 23.0. The van der Waals surface area contributed by atoms with E-state index in [0.717, 1.165) is 11.8 Å². The summed E-state index contributed by atoms with van der Waals surface area (Å²) in [6.45, 7) is 5.29. The number of nitrogens with zero attached hydrogens (tertiary/aromatic N) is 2. The lowest BCUT2D eigenvalue weighted by Crippen LogP contribution is -2.56. The number of amides is 2. The van der Waals surface area contributed by atoms with Crippen molar-refractivity contribution >= 4 is 21.8 Å². The number of carbonyl (C=O) groups is 2. The van der Waals surface area contributed by atoms with E-state index in [1.165, 1.54) is 17.0 Å². The fourth-order valence-electron chi connectivity index (χ4n) is 3.43. The van der Waals surface area contributed by atoms with Gasteiger partial charge >= 0.3 is 6.09 Å². The van der Waals surface area contributed by atoms with Crippen molar-refractivity contribution in [2.45, 2.75) is 43.5 Å². The normalized spacial score (nSPS) is 17.0. The topological polar surface area (TPSA) is 95.0 Å². The number of piperidine rings is 1. The number of likely N-dealkylation sites (tertiary alicyclic amines) is 1. The molecular weight excluding hydrogens is 356 g/mol. The summed E-state index contributed by atoms with van der Waals surface area (Å²) in [5.41, 5.74) is 0.386. The van der Waals surface area contributed by atoms with Crippen LogP contribution in [0.25, 0.3) is 0 Å². The van der Waals surface area contributed by atoms with Crippen molar-refractivity contribution in [2.75, 3.05) is 25.9 Å². The highest BCUT2D eigenvalue weighted by Gasteiger charge is 2.38. The fourth-order valence-corrected chi connectivity index (χ4v) is 4.06. The number of carbonyl (C=O) groups excluding carboxylic acids is 1. The number of sulfone groups is 1. The molecule has 26 heavy (non-hydrogen) atoms. The molecule has 0 atom stereocenters. The van der Waals surface area contributed by atoms with Gasteiger partial charge in [-0.25, -0.2) is 13.2 Å². The van der Waals surface area contributed by atoms with Crippen LogP contribution in [0.2, 0.25) is 0 Å². The molecule has 0 bridgehead atoms. The molecule has 0 saturated carbocycles. The predicted molar refractivity (Wildman–Crippen MR) is 97.9 cm³/mol. The second-order valence-corrected chi connectivity index (χ2v) is 9.01. The second-order valence-electron chi connectivity index (χ2n) is 7.00. The van der Waals surface area contributed by atoms with Crippen LogP contribution in [-0.2, 0) is 21.1 Å². The zero-order chi connectivity index (χ0) is 19.5. The number of benzene rings is 1. The van der Waals surface area contributed by atoms with Crippen LogP contribution >= 0.6 is 0 Å². The van der Waals surface area contributed by atoms with Crippen LogP contribution in [0.5, 0.6) is 0 Å². The van der Waals surface area contributed by atoms with Crippen LogP contribution < -0.4 is 0 Å². The second kappa shape index (κ2) is 7.65. The molecule has 0 spiro atoms. The van der Waals surface area contributed by atoms with E-state index in [1.807, 2.05) is 18.7 Å². The van der Waals surface area contributed by atoms with Crippen LogP contribution in [0.4, 0.5) is 4.79 Å². The Bertz CT molecular complexity index is 765. The average molecular weight is 382 g/mol. The molecule has 0 radical (unpaired) electrons. The summed E-state index contributed by atoms with van der Waals surface area (Å²) in [6.07, 6.45) is 1.62. The van der Waals surface area contributed by atoms with Crippen LogP contribution in [0.15, 0.2) is 29.2 Å². The van der Waals surface area contributed by atoms with E-state index >= 15 is 0 Å². The van der Waals surface area contributed by atoms with Gasteiger partial charge in [-0.15, -0.1) is 0 Å². The van der Waals surface area contributed by atoms with Gasteiger partial charge in [0.05, 0.1) is 11.3 Å². The molecule has 1 aromatic carbocycles. The number of carboxylic acid groups (broad SMARTS) is 1. The van der Waals surface area contributed by atoms with Crippen molar-refractivity contribution < 1.29 is 23.1 Å². The first-order valence-corrected chi connectivity index (χ1v) is 10.5. The third-order valence-corrected chi connectivity index (χ3v) is 6.22. The van der Waals surface area contributed by atoms with E-state index < -0.39 is 15.9 Å². The molecule has 8 heteroatoms. The number of hydrogen-bond donors (Lipinski definition) is 1. The predicted octanol–water partition coefficient (Wildman–Crippen LogP) is 2.01. The fraction of sp³-hybridized carbons (Fsp3) is 0.556. The molecular formula is C18H26N2O5S. The minimum atomic E-state index is -3.26. The summed E-state index contributed by atoms with van der Waals surface area (Å²) in [5, 5.41) is 9.09. The van der Waals surface area contributed by atoms with Gasteiger partial charge in [-0.3, -0.25) is 4.79 Å². The lowest BCUT2D eigenvalue weighted by atomic mass is 9.87. The van der Waals surface area contributed by atoms with E-state index in [1.54, 1.807) is 12.1 Å². The van der Waals surface area contributed by atoms with Gasteiger partial charge in [-0.1, -0.05) is 12.1 Å². The molecule has 1 aromatic rings. The highest BCUT2D eigenvalue weighted by Crippen LogP contribution is 2.29. The standard InChI is InChI=1S/C18H26N2O5S/c1-4-20(18(2)9-11-19(12-10-18)17(22)23)16(21)13-14-5-7-15(8-6-14)26(3,24)25/h5-8H,4,9-13H2,1-3H3,(H,22,23). The van der Waals surface area contributed by atoms with Crippen molar-refractivity contribution in [2.24, 2.45) is 0 Å². The Balaban J connectivity index is 2.08. The third kappa shape index (κ3) is 4.55. The molecule has 2 rings (SSSR count). The Kier molecular flexibility index (Phi) is 5.95. The molecule has 0 aliphatic carbocycles. The SMILES string of the molecule is CCN(C(=O)Cc1ccc(S(C)(=O)=O)cc1)C1(C)CCN(C(=O)O)CC1. The zero-order valence-corrected chi connectivity index (χ0v) is 16.3. The molecule has 0 unspecified atom stereocenters. The molecule has 1 fully saturated rings. The summed E-state index contributed by atoms with van der Waals surface area (Å²) in [6, 6.07) is 6.36. The van der Waals surface area contributed by atoms with Gasteiger partial charge in [-0.05, 0) is 44.4 Å². The summed E-state index contributed by atoms with van der Waals surface area (Å²) in [4.78, 5) is 27.3. The van der Waals surface area contributed by atoms with Gasteiger partial charge in [0.15, 0.2) is 9.84 Å². The van der Waals surface area contributed by atoms with Gasteiger partial charge < -0.3 is 14.9 Å². The maximum atomic E-state index is 12.8. The summed E-state index contributed by atoms with van der Waals surface area (Å²) in [7, 11) is -3.26. The first-order chi connectivity index (χ1) is 12.1. The quantitative estimate of drug-likeness (QED) is 0.841. The van der Waals surface area contributed by atoms with Crippen LogP contribution in [0, 0.1) is 0 Å². The first kappa shape index (κ1) is 20.2. The molecule has 144 valence electrons. The Morgan fingerprint density at radius 1 is 1.19 bits per heavy atom. The number of hydrogen-bond acceptors (Lipinski definition) is 4. The van der Waals surface area contributed by atoms with E-state index in [-0.39, 0.29) is 22.8 Å². The molecule has 7 nitrogen and oxygen atoms in total. The Hall–Kier alpha value is -2.09. The minimum Gasteiger partial charge on any atom is -0.465 e. The zero-order valence-electron chi connectivity index (χ0n) is 15.4. The van der Waals surface area contributed by atoms with Crippen LogP contribution in [-0.4, -0.2) is 66.8 Å². The van der Waals surface area contributed by atoms with E-state index in [4.69, 9.17) is 5.11 Å². The Morgan fingerprint density at radius 3 is 2.15 bits per heavy atom. The van der Waals surface area contributed by atoms with Crippen molar-refractivity contribution in [3.63, 3.8) is 0 Å². The average Bonchev–Trinajstić information content (AvgIpc) is 2.55. The van der Waals surface area contributed by atoms with Crippen molar-refractivity contribution in [3.05, 3.63) is 29.8 Å². The largest absolute Gasteiger partial charge is 0.465 e. The van der Waals surface area contributed by atoms with Gasteiger partial charge in [-0.2, -0.15) is 0 Å². The van der Waals surface area contributed by atoms with Crippen LogP contribution in [0.1, 0.15) is 32.3 Å². The highest BCUT2D eigenvalue weighted by molar-refractivity contribution is 7.90. The van der Waals surface area contributed by atoms with Crippen molar-refractivity contribution in [1.82, 2.24) is 9.80 Å². The molecule has 1 N–H and O–H groups in total. The molecule has 2 amide bonds. The van der Waals surface area contributed by atoms with Gasteiger partial charge in [0, 0.05) is 31.4 Å². The first-order valence-electron chi connectivity index (χ1n) is 8.64. The summed E-state index contributed by atoms with van der Waals surface area (Å²) in [5.74, 6) is -0.0362. The van der Waals surface area contributed by atoms with Crippen molar-refractivity contribution in [3.8, 4) is 0 Å². The molecule has 1 heterocycles. The highest BCUT2D eigenvalue weighted by atomic mass is 32.2. The minimum absolute atomic E-state index is 0.0362. The third-order valence-electron chi connectivity index (χ3n) is 5.09. The smallest absolute Gasteiger partial charge is 0.407 e. The van der Waals surface area contributed by atoms with Gasteiger partial charge in [0.2, 0.25) is 5.91 Å². The van der Waals surface area contributed by atoms with E-state index in [9.17, 15) is 18.0 Å². The number of rotatable bonds is 5. The van der Waals surface area contributed by atoms with E-state index in [0.29, 0.717) is 32.5 Å². The molecule has 1 saturated heterocycles. The lowest BCUT2D eigenvalue weighted by Gasteiger charge is -2.46. The van der Waals surface area contributed by atoms with Crippen molar-refractivity contribution in [1.29, 1.82) is 0 Å². The number of likely N-dealkylation sites (N-methyl/N-ethyl adjacent to an activating group) is 1. The monoisotopic (exact) mass is 382 g/mol. The van der Waals surface area contributed by atoms with Crippen LogP contribution in [0.3, 0.4) is 0 Å². The Morgan fingerprint density at radius 2 is 1.73 bits per heavy atom. The molecule has 1 aliphatic rings. The lowest BCUT2D eigenvalue weighted by molar-refractivity contribution is -0.137. The van der Waals surface area contributed by atoms with E-state index in [2.05, 4.69) is 0 Å². The maximum absolute atomic E-state index is 12.8.